The first-order valence-corrected chi connectivity index (χ1v) is 22.0. The number of amides is 1. The minimum Gasteiger partial charge on any atom is -0.394 e. The van der Waals surface area contributed by atoms with Gasteiger partial charge in [-0.2, -0.15) is 0 Å². The molecule has 0 radical (unpaired) electrons. The number of hydrogen-bond acceptors (Lipinski definition) is 4. The summed E-state index contributed by atoms with van der Waals surface area (Å²) < 4.78 is 0. The van der Waals surface area contributed by atoms with Gasteiger partial charge in [0.25, 0.3) is 0 Å². The number of carbonyl (C=O) groups excluding carboxylic acids is 1. The minimum atomic E-state index is -1.11. The lowest BCUT2D eigenvalue weighted by atomic mass is 10.0. The molecule has 51 heavy (non-hydrogen) atoms. The molecule has 3 atom stereocenters. The van der Waals surface area contributed by atoms with Crippen LogP contribution in [0, 0.1) is 0 Å². The fraction of sp³-hybridized carbons (Fsp3) is 0.804. The Hall–Kier alpha value is -1.69. The van der Waals surface area contributed by atoms with Crippen LogP contribution in [-0.2, 0) is 4.79 Å². The molecule has 298 valence electrons. The Bertz CT molecular complexity index is 835. The molecular weight excluding hydrogens is 631 g/mol. The lowest BCUT2D eigenvalue weighted by molar-refractivity contribution is -0.131. The largest absolute Gasteiger partial charge is 0.394 e. The van der Waals surface area contributed by atoms with E-state index in [9.17, 15) is 20.1 Å². The quantitative estimate of drug-likeness (QED) is 0.0377. The van der Waals surface area contributed by atoms with E-state index in [0.717, 1.165) is 51.4 Å². The normalized spacial score (nSPS) is 14.1. The number of unbranched alkanes of at least 4 members (excludes halogenated alkanes) is 25. The minimum absolute atomic E-state index is 0.384. The van der Waals surface area contributed by atoms with Gasteiger partial charge in [-0.3, -0.25) is 4.79 Å². The van der Waals surface area contributed by atoms with E-state index in [2.05, 4.69) is 55.6 Å². The molecule has 0 spiro atoms. The van der Waals surface area contributed by atoms with E-state index in [1.165, 1.54) is 141 Å². The number of hydrogen-bond donors (Lipinski definition) is 4. The third kappa shape index (κ3) is 36.5. The number of carbonyl (C=O) groups is 1. The lowest BCUT2D eigenvalue weighted by Gasteiger charge is -2.21. The molecular formula is C46H85NO4. The number of aliphatic hydroxyl groups is 3. The van der Waals surface area contributed by atoms with E-state index in [4.69, 9.17) is 0 Å². The summed E-state index contributed by atoms with van der Waals surface area (Å²) in [5, 5.41) is 33.1. The summed E-state index contributed by atoms with van der Waals surface area (Å²) in [6.45, 7) is 4.15. The molecule has 3 unspecified atom stereocenters. The van der Waals surface area contributed by atoms with Crippen LogP contribution in [0.4, 0.5) is 0 Å². The van der Waals surface area contributed by atoms with Gasteiger partial charge < -0.3 is 20.6 Å². The molecule has 0 aromatic carbocycles. The Morgan fingerprint density at radius 3 is 1.20 bits per heavy atom. The zero-order chi connectivity index (χ0) is 37.3. The molecule has 0 saturated carbocycles. The molecule has 0 fully saturated rings. The summed E-state index contributed by atoms with van der Waals surface area (Å²) in [5.41, 5.74) is 0. The summed E-state index contributed by atoms with van der Waals surface area (Å²) in [4.78, 5) is 12.4. The smallest absolute Gasteiger partial charge is 0.249 e. The second kappa shape index (κ2) is 41.1. The van der Waals surface area contributed by atoms with Gasteiger partial charge in [-0.1, -0.05) is 191 Å². The topological polar surface area (TPSA) is 89.8 Å². The number of nitrogens with one attached hydrogen (secondary N) is 1. The molecule has 4 N–H and O–H groups in total. The second-order valence-corrected chi connectivity index (χ2v) is 14.9. The van der Waals surface area contributed by atoms with Gasteiger partial charge in [0.1, 0.15) is 6.10 Å². The maximum atomic E-state index is 12.4. The van der Waals surface area contributed by atoms with Crippen LogP contribution in [0.15, 0.2) is 48.6 Å². The molecule has 0 aromatic rings. The van der Waals surface area contributed by atoms with Crippen molar-refractivity contribution in [3.8, 4) is 0 Å². The van der Waals surface area contributed by atoms with E-state index >= 15 is 0 Å². The fourth-order valence-electron chi connectivity index (χ4n) is 6.39. The standard InChI is InChI=1S/C46H85NO4/c1-3-5-7-9-11-13-15-17-19-21-22-23-24-25-27-28-30-32-34-36-38-40-44(49)43(42-48)47-46(51)45(50)41-39-37-35-33-31-29-26-20-18-16-14-12-10-8-6-4-2/h18,20,24-25,30,32,38,40,43-45,48-50H,3-17,19,21-23,26-29,31,33-37,39,41-42H2,1-2H3,(H,47,51)/b20-18-,25-24+,32-30+,40-38+. The highest BCUT2D eigenvalue weighted by atomic mass is 16.3. The third-order valence-electron chi connectivity index (χ3n) is 9.87. The first-order valence-electron chi connectivity index (χ1n) is 22.0. The van der Waals surface area contributed by atoms with Gasteiger partial charge in [0.15, 0.2) is 0 Å². The molecule has 0 aliphatic heterocycles. The summed E-state index contributed by atoms with van der Waals surface area (Å²) in [5.74, 6) is -0.523. The van der Waals surface area contributed by atoms with Crippen LogP contribution in [0.1, 0.15) is 213 Å². The average molecular weight is 716 g/mol. The Morgan fingerprint density at radius 1 is 0.471 bits per heavy atom. The SMILES string of the molecule is CCCCCCCC/C=C\CCCCCCCCC(O)C(=O)NC(CO)C(O)/C=C/CC/C=C/CC/C=C/CCCCCCCCCCCCC. The van der Waals surface area contributed by atoms with E-state index in [1.807, 2.05) is 6.08 Å². The predicted octanol–water partition coefficient (Wildman–Crippen LogP) is 12.5. The molecule has 5 heteroatoms. The van der Waals surface area contributed by atoms with Crippen LogP contribution in [-0.4, -0.2) is 46.1 Å². The van der Waals surface area contributed by atoms with Gasteiger partial charge in [0, 0.05) is 0 Å². The van der Waals surface area contributed by atoms with E-state index < -0.39 is 24.2 Å². The van der Waals surface area contributed by atoms with Crippen LogP contribution in [0.2, 0.25) is 0 Å². The maximum Gasteiger partial charge on any atom is 0.249 e. The zero-order valence-corrected chi connectivity index (χ0v) is 33.7. The molecule has 0 rings (SSSR count). The molecule has 0 aliphatic carbocycles. The Kier molecular flexibility index (Phi) is 39.7. The van der Waals surface area contributed by atoms with E-state index in [-0.39, 0.29) is 6.61 Å². The molecule has 1 amide bonds. The number of aliphatic hydroxyl groups excluding tert-OH is 3. The first kappa shape index (κ1) is 49.3. The first-order chi connectivity index (χ1) is 25.1. The molecule has 0 saturated heterocycles. The van der Waals surface area contributed by atoms with Crippen molar-refractivity contribution in [1.29, 1.82) is 0 Å². The monoisotopic (exact) mass is 716 g/mol. The zero-order valence-electron chi connectivity index (χ0n) is 33.7. The average Bonchev–Trinajstić information content (AvgIpc) is 3.13. The molecule has 0 aliphatic rings. The van der Waals surface area contributed by atoms with Gasteiger partial charge in [-0.25, -0.2) is 0 Å². The Balaban J connectivity index is 3.77. The summed E-state index contributed by atoms with van der Waals surface area (Å²) in [7, 11) is 0. The third-order valence-corrected chi connectivity index (χ3v) is 9.87. The summed E-state index contributed by atoms with van der Waals surface area (Å²) >= 11 is 0. The highest BCUT2D eigenvalue weighted by molar-refractivity contribution is 5.80. The van der Waals surface area contributed by atoms with Crippen LogP contribution >= 0.6 is 0 Å². The summed E-state index contributed by atoms with van der Waals surface area (Å²) in [6.07, 6.45) is 52.8. The van der Waals surface area contributed by atoms with Gasteiger partial charge in [0.2, 0.25) is 5.91 Å². The van der Waals surface area contributed by atoms with Crippen molar-refractivity contribution in [2.75, 3.05) is 6.61 Å². The van der Waals surface area contributed by atoms with E-state index in [0.29, 0.717) is 6.42 Å². The van der Waals surface area contributed by atoms with Crippen LogP contribution in [0.5, 0.6) is 0 Å². The highest BCUT2D eigenvalue weighted by Gasteiger charge is 2.22. The van der Waals surface area contributed by atoms with Gasteiger partial charge in [0.05, 0.1) is 18.8 Å². The number of rotatable bonds is 39. The molecule has 0 bridgehead atoms. The summed E-state index contributed by atoms with van der Waals surface area (Å²) in [6, 6.07) is -0.823. The highest BCUT2D eigenvalue weighted by Crippen LogP contribution is 2.14. The van der Waals surface area contributed by atoms with Crippen LogP contribution in [0.25, 0.3) is 0 Å². The molecule has 0 aromatic heterocycles. The fourth-order valence-corrected chi connectivity index (χ4v) is 6.39. The van der Waals surface area contributed by atoms with Crippen molar-refractivity contribution in [1.82, 2.24) is 5.32 Å². The van der Waals surface area contributed by atoms with Crippen LogP contribution in [0.3, 0.4) is 0 Å². The van der Waals surface area contributed by atoms with Crippen molar-refractivity contribution in [3.63, 3.8) is 0 Å². The van der Waals surface area contributed by atoms with Crippen molar-refractivity contribution in [2.45, 2.75) is 231 Å². The van der Waals surface area contributed by atoms with Crippen molar-refractivity contribution >= 4 is 5.91 Å². The second-order valence-electron chi connectivity index (χ2n) is 14.9. The molecule has 5 nitrogen and oxygen atoms in total. The lowest BCUT2D eigenvalue weighted by Crippen LogP contribution is -2.48. The Labute approximate surface area is 316 Å². The Morgan fingerprint density at radius 2 is 0.804 bits per heavy atom. The van der Waals surface area contributed by atoms with E-state index in [1.54, 1.807) is 6.08 Å². The predicted molar refractivity (Wildman–Crippen MR) is 222 cm³/mol. The van der Waals surface area contributed by atoms with Gasteiger partial charge >= 0.3 is 0 Å². The van der Waals surface area contributed by atoms with Gasteiger partial charge in [-0.15, -0.1) is 0 Å². The maximum absolute atomic E-state index is 12.4. The van der Waals surface area contributed by atoms with Crippen molar-refractivity contribution < 1.29 is 20.1 Å². The van der Waals surface area contributed by atoms with Gasteiger partial charge in [-0.05, 0) is 70.6 Å². The van der Waals surface area contributed by atoms with Crippen molar-refractivity contribution in [2.24, 2.45) is 0 Å². The molecule has 0 heterocycles. The van der Waals surface area contributed by atoms with Crippen LogP contribution < -0.4 is 5.32 Å². The number of allylic oxidation sites excluding steroid dienone is 7. The van der Waals surface area contributed by atoms with Crippen molar-refractivity contribution in [3.05, 3.63) is 48.6 Å².